The summed E-state index contributed by atoms with van der Waals surface area (Å²) in [7, 11) is 5.29. The molecule has 0 amide bonds. The van der Waals surface area contributed by atoms with Gasteiger partial charge in [-0.25, -0.2) is 4.79 Å². The number of Topliss-reactive ketones (excluding diaryl/α,β-unsaturated/α-hetero) is 1. The van der Waals surface area contributed by atoms with Crippen molar-refractivity contribution < 1.29 is 19.2 Å². The first-order chi connectivity index (χ1) is 11.4. The summed E-state index contributed by atoms with van der Waals surface area (Å²) in [6, 6.07) is 9.73. The second kappa shape index (κ2) is 7.45. The van der Waals surface area contributed by atoms with Crippen molar-refractivity contribution in [2.24, 2.45) is 0 Å². The lowest BCUT2D eigenvalue weighted by Crippen LogP contribution is -3.11. The monoisotopic (exact) mass is 329 g/mol. The van der Waals surface area contributed by atoms with Crippen LogP contribution in [0.3, 0.4) is 0 Å². The van der Waals surface area contributed by atoms with Crippen molar-refractivity contribution in [3.8, 4) is 0 Å². The van der Waals surface area contributed by atoms with Gasteiger partial charge in [-0.05, 0) is 25.0 Å². The molecule has 24 heavy (non-hydrogen) atoms. The number of methoxy groups -OCH3 is 1. The molecular formula is C19H25N2O3+. The summed E-state index contributed by atoms with van der Waals surface area (Å²) in [6.45, 7) is 3.57. The topological polar surface area (TPSA) is 63.6 Å². The van der Waals surface area contributed by atoms with Crippen LogP contribution >= 0.6 is 0 Å². The van der Waals surface area contributed by atoms with E-state index in [0.29, 0.717) is 28.9 Å². The van der Waals surface area contributed by atoms with Crippen LogP contribution < -0.4 is 4.90 Å². The fourth-order valence-corrected chi connectivity index (χ4v) is 2.99. The Morgan fingerprint density at radius 1 is 1.17 bits per heavy atom. The van der Waals surface area contributed by atoms with Crippen molar-refractivity contribution in [2.45, 2.75) is 26.3 Å². The average Bonchev–Trinajstić information content (AvgIpc) is 2.86. The third-order valence-corrected chi connectivity index (χ3v) is 4.37. The maximum Gasteiger partial charge on any atom is 0.339 e. The second-order valence-corrected chi connectivity index (χ2v) is 6.30. The van der Waals surface area contributed by atoms with E-state index in [9.17, 15) is 9.59 Å². The predicted molar refractivity (Wildman–Crippen MR) is 92.7 cm³/mol. The van der Waals surface area contributed by atoms with Gasteiger partial charge in [-0.3, -0.25) is 4.79 Å². The number of aromatic amines is 1. The predicted octanol–water partition coefficient (Wildman–Crippen LogP) is 1.36. The minimum Gasteiger partial charge on any atom is -0.465 e. The molecule has 5 nitrogen and oxygen atoms in total. The van der Waals surface area contributed by atoms with E-state index in [-0.39, 0.29) is 11.8 Å². The highest BCUT2D eigenvalue weighted by Crippen LogP contribution is 2.20. The highest BCUT2D eigenvalue weighted by atomic mass is 16.5. The van der Waals surface area contributed by atoms with Crippen LogP contribution in [0.1, 0.15) is 37.7 Å². The Hall–Kier alpha value is -2.40. The zero-order chi connectivity index (χ0) is 17.9. The minimum atomic E-state index is -0.419. The Bertz CT molecular complexity index is 733. The number of esters is 1. The third-order valence-electron chi connectivity index (χ3n) is 4.37. The van der Waals surface area contributed by atoms with E-state index < -0.39 is 5.97 Å². The number of aryl methyl sites for hydroxylation is 1. The number of quaternary nitrogens is 1. The molecule has 0 saturated heterocycles. The van der Waals surface area contributed by atoms with E-state index >= 15 is 0 Å². The van der Waals surface area contributed by atoms with Crippen LogP contribution in [0.2, 0.25) is 0 Å². The van der Waals surface area contributed by atoms with Gasteiger partial charge in [0, 0.05) is 12.1 Å². The molecule has 0 aliphatic carbocycles. The normalized spacial score (nSPS) is 12.2. The molecule has 0 saturated carbocycles. The number of nitrogens with one attached hydrogen (secondary N) is 2. The highest BCUT2D eigenvalue weighted by molar-refractivity contribution is 6.03. The summed E-state index contributed by atoms with van der Waals surface area (Å²) < 4.78 is 4.82. The van der Waals surface area contributed by atoms with Crippen LogP contribution in [0.4, 0.5) is 0 Å². The van der Waals surface area contributed by atoms with E-state index in [1.165, 1.54) is 7.11 Å². The second-order valence-electron chi connectivity index (χ2n) is 6.30. The van der Waals surface area contributed by atoms with E-state index in [2.05, 4.69) is 4.98 Å². The first-order valence-corrected chi connectivity index (χ1v) is 8.02. The minimum absolute atomic E-state index is 0.00889. The van der Waals surface area contributed by atoms with Gasteiger partial charge in [-0.15, -0.1) is 0 Å². The molecule has 2 rings (SSSR count). The number of ketones is 1. The van der Waals surface area contributed by atoms with Crippen molar-refractivity contribution in [1.29, 1.82) is 0 Å². The standard InChI is InChI=1S/C19H24N2O3/c1-12-16(19(23)24-5)13(2)20-17(12)18(22)15(21(3)4)11-14-9-7-6-8-10-14/h6-10,15,20H,11H2,1-5H3/p+1/t15-/m0/s1. The van der Waals surface area contributed by atoms with E-state index in [1.807, 2.05) is 44.4 Å². The van der Waals surface area contributed by atoms with E-state index in [1.54, 1.807) is 13.8 Å². The van der Waals surface area contributed by atoms with Gasteiger partial charge < -0.3 is 14.6 Å². The third kappa shape index (κ3) is 3.57. The number of hydrogen-bond acceptors (Lipinski definition) is 3. The number of benzene rings is 1. The lowest BCUT2D eigenvalue weighted by molar-refractivity contribution is -0.874. The molecule has 0 bridgehead atoms. The SMILES string of the molecule is COC(=O)c1c(C)[nH]c(C(=O)[C@H](Cc2ccccc2)[NH+](C)C)c1C. The van der Waals surface area contributed by atoms with Crippen molar-refractivity contribution >= 4 is 11.8 Å². The molecule has 0 unspecified atom stereocenters. The maximum atomic E-state index is 13.1. The average molecular weight is 329 g/mol. The molecule has 1 aromatic heterocycles. The summed E-state index contributed by atoms with van der Waals surface area (Å²) in [6.07, 6.45) is 0.646. The summed E-state index contributed by atoms with van der Waals surface area (Å²) in [5.74, 6) is -0.410. The molecule has 1 aromatic carbocycles. The number of likely N-dealkylation sites (N-methyl/N-ethyl adjacent to an activating group) is 1. The number of carbonyl (C=O) groups excluding carboxylic acids is 2. The number of H-pyrrole nitrogens is 1. The van der Waals surface area contributed by atoms with Crippen LogP contribution in [0.15, 0.2) is 30.3 Å². The van der Waals surface area contributed by atoms with E-state index in [0.717, 1.165) is 10.5 Å². The lowest BCUT2D eigenvalue weighted by Gasteiger charge is -2.20. The Morgan fingerprint density at radius 2 is 1.79 bits per heavy atom. The maximum absolute atomic E-state index is 13.1. The summed E-state index contributed by atoms with van der Waals surface area (Å²) >= 11 is 0. The Labute approximate surface area is 142 Å². The molecule has 0 aliphatic rings. The highest BCUT2D eigenvalue weighted by Gasteiger charge is 2.31. The molecule has 1 atom stereocenters. The van der Waals surface area contributed by atoms with Crippen LogP contribution in [0.25, 0.3) is 0 Å². The van der Waals surface area contributed by atoms with E-state index in [4.69, 9.17) is 4.74 Å². The van der Waals surface area contributed by atoms with Crippen molar-refractivity contribution in [1.82, 2.24) is 4.98 Å². The molecule has 0 spiro atoms. The summed E-state index contributed by atoms with van der Waals surface area (Å²) in [5.41, 5.74) is 3.38. The fourth-order valence-electron chi connectivity index (χ4n) is 2.99. The van der Waals surface area contributed by atoms with Gasteiger partial charge in [0.2, 0.25) is 5.78 Å². The quantitative estimate of drug-likeness (QED) is 0.621. The van der Waals surface area contributed by atoms with Crippen molar-refractivity contribution in [3.05, 3.63) is 58.4 Å². The summed E-state index contributed by atoms with van der Waals surface area (Å²) in [4.78, 5) is 29.1. The van der Waals surface area contributed by atoms with Crippen LogP contribution in [0, 0.1) is 13.8 Å². The first-order valence-electron chi connectivity index (χ1n) is 8.02. The first kappa shape index (κ1) is 17.9. The Balaban J connectivity index is 2.36. The van der Waals surface area contributed by atoms with Gasteiger partial charge in [-0.2, -0.15) is 0 Å². The summed E-state index contributed by atoms with van der Waals surface area (Å²) in [5, 5.41) is 0. The van der Waals surface area contributed by atoms with Gasteiger partial charge in [0.25, 0.3) is 0 Å². The number of carbonyl (C=O) groups is 2. The van der Waals surface area contributed by atoms with Crippen molar-refractivity contribution in [2.75, 3.05) is 21.2 Å². The number of ether oxygens (including phenoxy) is 1. The van der Waals surface area contributed by atoms with Crippen LogP contribution in [0.5, 0.6) is 0 Å². The lowest BCUT2D eigenvalue weighted by atomic mass is 9.97. The molecule has 0 aliphatic heterocycles. The number of hydrogen-bond donors (Lipinski definition) is 2. The Morgan fingerprint density at radius 3 is 2.33 bits per heavy atom. The number of aromatic nitrogens is 1. The van der Waals surface area contributed by atoms with Gasteiger partial charge in [0.05, 0.1) is 32.5 Å². The van der Waals surface area contributed by atoms with Gasteiger partial charge >= 0.3 is 5.97 Å². The van der Waals surface area contributed by atoms with Gasteiger partial charge in [0.15, 0.2) is 6.04 Å². The zero-order valence-electron chi connectivity index (χ0n) is 14.9. The number of rotatable bonds is 6. The molecular weight excluding hydrogens is 304 g/mol. The molecule has 0 radical (unpaired) electrons. The molecule has 2 N–H and O–H groups in total. The fraction of sp³-hybridized carbons (Fsp3) is 0.368. The van der Waals surface area contributed by atoms with Gasteiger partial charge in [0.1, 0.15) is 0 Å². The molecule has 5 heteroatoms. The Kier molecular flexibility index (Phi) is 5.57. The molecule has 128 valence electrons. The van der Waals surface area contributed by atoms with Crippen LogP contribution in [-0.2, 0) is 11.2 Å². The van der Waals surface area contributed by atoms with Crippen molar-refractivity contribution in [3.63, 3.8) is 0 Å². The molecule has 2 aromatic rings. The molecule has 0 fully saturated rings. The smallest absolute Gasteiger partial charge is 0.339 e. The van der Waals surface area contributed by atoms with Gasteiger partial charge in [-0.1, -0.05) is 30.3 Å². The zero-order valence-corrected chi connectivity index (χ0v) is 14.9. The van der Waals surface area contributed by atoms with Crippen LogP contribution in [-0.4, -0.2) is 44.0 Å². The molecule has 1 heterocycles. The largest absolute Gasteiger partial charge is 0.465 e.